The zero-order chi connectivity index (χ0) is 41.2. The van der Waals surface area contributed by atoms with E-state index in [4.69, 9.17) is 25.7 Å². The zero-order valence-corrected chi connectivity index (χ0v) is 31.5. The molecule has 0 saturated carbocycles. The van der Waals surface area contributed by atoms with Crippen LogP contribution in [0.25, 0.3) is 22.3 Å². The number of ether oxygens (including phenoxy) is 3. The normalized spacial score (nSPS) is 30.0. The number of nitrogens with two attached hydrogens (primary N) is 2. The van der Waals surface area contributed by atoms with Crippen molar-refractivity contribution >= 4 is 57.7 Å². The highest BCUT2D eigenvalue weighted by Crippen LogP contribution is 2.67. The van der Waals surface area contributed by atoms with E-state index < -0.39 is 96.9 Å². The number of hydrogen-bond acceptors (Lipinski definition) is 21. The van der Waals surface area contributed by atoms with Crippen molar-refractivity contribution in [3.63, 3.8) is 0 Å². The molecule has 29 nitrogen and oxygen atoms in total. The van der Waals surface area contributed by atoms with Crippen LogP contribution in [0.4, 0.5) is 11.9 Å². The number of nitrogens with zero attached hydrogens (tertiary/aromatic N) is 6. The van der Waals surface area contributed by atoms with Gasteiger partial charge >= 0.3 is 29.0 Å². The molecule has 3 fully saturated rings. The number of H-pyrrole nitrogens is 2. The van der Waals surface area contributed by atoms with Gasteiger partial charge in [-0.3, -0.25) is 33.2 Å². The molecule has 3 saturated heterocycles. The maximum atomic E-state index is 12.8. The van der Waals surface area contributed by atoms with Gasteiger partial charge in [0.15, 0.2) is 17.4 Å². The summed E-state index contributed by atoms with van der Waals surface area (Å²) in [5.74, 6) is -0.336. The van der Waals surface area contributed by atoms with E-state index in [1.807, 2.05) is 0 Å². The molecule has 32 heteroatoms. The molecular formula is C25H36N10O19P3+. The molecule has 4 aromatic rings. The van der Waals surface area contributed by atoms with Gasteiger partial charge in [0, 0.05) is 5.92 Å². The topological polar surface area (TPSA) is 428 Å². The first kappa shape index (κ1) is 41.6. The van der Waals surface area contributed by atoms with Crippen LogP contribution in [-0.4, -0.2) is 132 Å². The predicted molar refractivity (Wildman–Crippen MR) is 182 cm³/mol. The van der Waals surface area contributed by atoms with Gasteiger partial charge in [0.1, 0.15) is 36.6 Å². The van der Waals surface area contributed by atoms with Crippen molar-refractivity contribution in [1.29, 1.82) is 0 Å². The fraction of sp³-hybridized carbons (Fsp3) is 0.600. The van der Waals surface area contributed by atoms with E-state index in [1.54, 1.807) is 0 Å². The molecule has 11 atom stereocenters. The Morgan fingerprint density at radius 1 is 0.789 bits per heavy atom. The monoisotopic (exact) mass is 873 g/mol. The second-order valence-electron chi connectivity index (χ2n) is 13.1. The molecule has 4 aromatic heterocycles. The first-order valence-corrected chi connectivity index (χ1v) is 21.0. The minimum absolute atomic E-state index is 0.0401. The van der Waals surface area contributed by atoms with Gasteiger partial charge in [-0.05, 0) is 6.42 Å². The summed E-state index contributed by atoms with van der Waals surface area (Å²) in [6, 6.07) is 0. The van der Waals surface area contributed by atoms with Crippen molar-refractivity contribution in [2.24, 2.45) is 5.92 Å². The van der Waals surface area contributed by atoms with Crippen LogP contribution < -0.4 is 27.2 Å². The second-order valence-corrected chi connectivity index (χ2v) is 17.7. The fourth-order valence-electron chi connectivity index (χ4n) is 6.28. The van der Waals surface area contributed by atoms with E-state index in [-0.39, 0.29) is 40.1 Å². The van der Waals surface area contributed by atoms with Gasteiger partial charge < -0.3 is 60.8 Å². The molecule has 3 aliphatic rings. The average molecular weight is 874 g/mol. The molecule has 7 rings (SSSR count). The lowest BCUT2D eigenvalue weighted by Gasteiger charge is -2.24. The number of hydrogen-bond donors (Lipinski definition) is 11. The maximum Gasteiger partial charge on any atom is 0.490 e. The Morgan fingerprint density at radius 2 is 1.32 bits per heavy atom. The number of phosphoric ester groups is 2. The number of anilines is 2. The van der Waals surface area contributed by atoms with Crippen LogP contribution in [-0.2, 0) is 52.1 Å². The lowest BCUT2D eigenvalue weighted by atomic mass is 10.0. The summed E-state index contributed by atoms with van der Waals surface area (Å²) in [6.45, 7) is -0.767. The molecule has 57 heavy (non-hydrogen) atoms. The van der Waals surface area contributed by atoms with Crippen molar-refractivity contribution < 1.29 is 85.2 Å². The maximum absolute atomic E-state index is 12.8. The number of fused-ring (bicyclic) bond motifs is 2. The molecule has 0 aliphatic carbocycles. The third-order valence-electron chi connectivity index (χ3n) is 9.07. The summed E-state index contributed by atoms with van der Waals surface area (Å²) in [5.41, 5.74) is 9.63. The molecule has 3 aliphatic heterocycles. The number of aromatic nitrogens is 8. The van der Waals surface area contributed by atoms with Gasteiger partial charge in [0.2, 0.25) is 24.5 Å². The fourth-order valence-corrected chi connectivity index (χ4v) is 9.80. The summed E-state index contributed by atoms with van der Waals surface area (Å²) in [6.07, 6.45) is -10.3. The SMILES string of the molecule is Nc1nc2c(ncn2[C@@H]2O[C@H](COP(=O)(O)OP(=O)(O)OP(=O)(O)OC[C@H]3O[C@@H](n4c[n+](CCC5COC5)c5c(=O)[nH]c(N)nc54)[C@@H](O)C3O)C(O)[C@@H]2O)c(=O)[nH]1. The van der Waals surface area contributed by atoms with Crippen LogP contribution in [0.1, 0.15) is 18.9 Å². The Morgan fingerprint density at radius 3 is 1.86 bits per heavy atom. The van der Waals surface area contributed by atoms with Crippen LogP contribution in [0.3, 0.4) is 0 Å². The van der Waals surface area contributed by atoms with Crippen molar-refractivity contribution in [3.8, 4) is 0 Å². The Bertz CT molecular complexity index is 2420. The van der Waals surface area contributed by atoms with E-state index >= 15 is 0 Å². The van der Waals surface area contributed by atoms with Gasteiger partial charge in [-0.25, -0.2) is 23.2 Å². The Kier molecular flexibility index (Phi) is 11.3. The molecule has 0 amide bonds. The van der Waals surface area contributed by atoms with E-state index in [1.165, 1.54) is 15.5 Å². The highest BCUT2D eigenvalue weighted by atomic mass is 31.3. The van der Waals surface area contributed by atoms with Gasteiger partial charge in [-0.1, -0.05) is 0 Å². The number of aromatic amines is 2. The number of rotatable bonds is 15. The molecule has 0 spiro atoms. The molecule has 0 bridgehead atoms. The number of nitrogens with one attached hydrogen (secondary N) is 2. The Labute approximate surface area is 316 Å². The largest absolute Gasteiger partial charge is 0.490 e. The van der Waals surface area contributed by atoms with Crippen LogP contribution in [0.15, 0.2) is 22.2 Å². The summed E-state index contributed by atoms with van der Waals surface area (Å²) >= 11 is 0. The number of phosphoric acid groups is 3. The lowest BCUT2D eigenvalue weighted by Crippen LogP contribution is -2.40. The van der Waals surface area contributed by atoms with Gasteiger partial charge in [0.05, 0.1) is 39.3 Å². The lowest BCUT2D eigenvalue weighted by molar-refractivity contribution is -0.674. The second kappa shape index (κ2) is 15.6. The standard InChI is InChI=1S/C25H35N10O19P3/c26-24-29-18-12(20(40)31-24)28-7-34(18)22-16(38)14(36)10(51-22)5-49-55(42,43)53-57(46,47)54-56(44,45)50-6-11-15(37)17(39)23(52-11)35-8-33(2-1-9-3-48-4-9)13-19(35)30-25(27)32-21(13)41/h7-11,14-17,22-23,36-39H,1-6H2,(H8-,26,27,29,30,31,32,40,41,42,43,44,45,46,47)/p+1/t10-,11-,14?,15?,16+,17+,22-,23-/m1/s1. The van der Waals surface area contributed by atoms with Crippen LogP contribution in [0.5, 0.6) is 0 Å². The van der Waals surface area contributed by atoms with Crippen molar-refractivity contribution in [2.75, 3.05) is 37.9 Å². The first-order valence-electron chi connectivity index (χ1n) is 16.6. The highest BCUT2D eigenvalue weighted by Gasteiger charge is 2.50. The predicted octanol–water partition coefficient (Wildman–Crippen LogP) is -4.05. The minimum atomic E-state index is -6.02. The first-order chi connectivity index (χ1) is 26.7. The molecule has 7 heterocycles. The summed E-state index contributed by atoms with van der Waals surface area (Å²) < 4.78 is 75.3. The van der Waals surface area contributed by atoms with E-state index in [9.17, 15) is 58.4 Å². The molecular weight excluding hydrogens is 837 g/mol. The van der Waals surface area contributed by atoms with Crippen LogP contribution in [0, 0.1) is 5.92 Å². The van der Waals surface area contributed by atoms with Gasteiger partial charge in [0.25, 0.3) is 16.7 Å². The molecule has 5 unspecified atom stereocenters. The third kappa shape index (κ3) is 8.61. The number of nitrogen functional groups attached to an aromatic ring is 2. The Balaban J connectivity index is 0.952. The van der Waals surface area contributed by atoms with Gasteiger partial charge in [-0.15, -0.1) is 0 Å². The molecule has 0 aromatic carbocycles. The van der Waals surface area contributed by atoms with E-state index in [2.05, 4.69) is 42.6 Å². The van der Waals surface area contributed by atoms with E-state index in [0.717, 1.165) is 10.9 Å². The van der Waals surface area contributed by atoms with Crippen molar-refractivity contribution in [2.45, 2.75) is 62.0 Å². The van der Waals surface area contributed by atoms with Crippen molar-refractivity contribution in [1.82, 2.24) is 34.1 Å². The number of aryl methyl sites for hydroxylation is 1. The highest BCUT2D eigenvalue weighted by molar-refractivity contribution is 7.66. The van der Waals surface area contributed by atoms with E-state index in [0.29, 0.717) is 26.2 Å². The van der Waals surface area contributed by atoms with Crippen LogP contribution in [0.2, 0.25) is 0 Å². The number of aliphatic hydroxyl groups is 4. The smallest absolute Gasteiger partial charge is 0.387 e. The average Bonchev–Trinajstić information content (AvgIpc) is 3.81. The number of aliphatic hydroxyl groups excluding tert-OH is 4. The summed E-state index contributed by atoms with van der Waals surface area (Å²) in [4.78, 5) is 71.7. The quantitative estimate of drug-likeness (QED) is 0.0400. The third-order valence-corrected chi connectivity index (χ3v) is 13.3. The molecule has 314 valence electrons. The van der Waals surface area contributed by atoms with Crippen molar-refractivity contribution in [3.05, 3.63) is 33.4 Å². The molecule has 13 N–H and O–H groups in total. The number of imidazole rings is 2. The summed E-state index contributed by atoms with van der Waals surface area (Å²) in [5, 5.41) is 42.6. The molecule has 0 radical (unpaired) electrons. The minimum Gasteiger partial charge on any atom is -0.387 e. The zero-order valence-electron chi connectivity index (χ0n) is 28.8. The van der Waals surface area contributed by atoms with Crippen LogP contribution >= 0.6 is 23.5 Å². The Hall–Kier alpha value is -3.57. The summed E-state index contributed by atoms with van der Waals surface area (Å²) in [7, 11) is -17.4. The van der Waals surface area contributed by atoms with Gasteiger partial charge in [-0.2, -0.15) is 23.2 Å².